The molecule has 0 radical (unpaired) electrons. The number of fused-ring (bicyclic) bond motifs is 1. The molecule has 5 nitrogen and oxygen atoms in total. The normalized spacial score (nSPS) is 31.3. The van der Waals surface area contributed by atoms with Gasteiger partial charge in [-0.15, -0.1) is 0 Å². The van der Waals surface area contributed by atoms with Crippen LogP contribution < -0.4 is 10.2 Å². The van der Waals surface area contributed by atoms with E-state index < -0.39 is 0 Å². The molecule has 1 aromatic rings. The lowest BCUT2D eigenvalue weighted by Crippen LogP contribution is -2.62. The Morgan fingerprint density at radius 3 is 2.72 bits per heavy atom. The van der Waals surface area contributed by atoms with Crippen LogP contribution in [-0.4, -0.2) is 51.5 Å². The molecular weight excluding hydrogens is 316 g/mol. The first-order valence-corrected chi connectivity index (χ1v) is 9.54. The number of amides is 1. The minimum atomic E-state index is 0.0154. The second kappa shape index (κ2) is 7.34. The lowest BCUT2D eigenvalue weighted by atomic mass is 9.67. The molecule has 1 N–H and O–H groups in total. The quantitative estimate of drug-likeness (QED) is 0.891. The number of rotatable bonds is 5. The Morgan fingerprint density at radius 1 is 1.24 bits per heavy atom. The van der Waals surface area contributed by atoms with E-state index in [1.807, 2.05) is 12.1 Å². The molecule has 2 heterocycles. The molecule has 3 aliphatic rings. The van der Waals surface area contributed by atoms with Gasteiger partial charge in [-0.25, -0.2) is 0 Å². The summed E-state index contributed by atoms with van der Waals surface area (Å²) >= 11 is 0. The number of anilines is 1. The molecule has 1 aromatic carbocycles. The zero-order valence-electron chi connectivity index (χ0n) is 14.9. The average Bonchev–Trinajstić information content (AvgIpc) is 3.09. The first-order valence-electron chi connectivity index (χ1n) is 9.54. The van der Waals surface area contributed by atoms with E-state index >= 15 is 0 Å². The molecule has 2 saturated heterocycles. The molecule has 3 fully saturated rings. The van der Waals surface area contributed by atoms with Gasteiger partial charge in [-0.05, 0) is 49.9 Å². The van der Waals surface area contributed by atoms with Gasteiger partial charge >= 0.3 is 0 Å². The van der Waals surface area contributed by atoms with Crippen molar-refractivity contribution in [3.8, 4) is 0 Å². The summed E-state index contributed by atoms with van der Waals surface area (Å²) in [5, 5.41) is 3.23. The number of methoxy groups -OCH3 is 1. The molecule has 0 aromatic heterocycles. The highest BCUT2D eigenvalue weighted by Crippen LogP contribution is 2.43. The van der Waals surface area contributed by atoms with Gasteiger partial charge in [0.05, 0.1) is 12.7 Å². The number of hydrogen-bond acceptors (Lipinski definition) is 4. The van der Waals surface area contributed by atoms with Crippen molar-refractivity contribution in [2.24, 2.45) is 11.8 Å². The molecule has 4 atom stereocenters. The van der Waals surface area contributed by atoms with Gasteiger partial charge in [0.15, 0.2) is 0 Å². The van der Waals surface area contributed by atoms with Gasteiger partial charge < -0.3 is 19.7 Å². The highest BCUT2D eigenvalue weighted by Gasteiger charge is 2.54. The number of carbonyl (C=O) groups excluding carboxylic acids is 1. The van der Waals surface area contributed by atoms with Gasteiger partial charge in [0.25, 0.3) is 5.91 Å². The van der Waals surface area contributed by atoms with Crippen LogP contribution in [0.25, 0.3) is 0 Å². The maximum absolute atomic E-state index is 12.7. The Hall–Kier alpha value is -1.59. The van der Waals surface area contributed by atoms with Crippen LogP contribution in [0.15, 0.2) is 24.3 Å². The Labute approximate surface area is 149 Å². The van der Waals surface area contributed by atoms with E-state index in [2.05, 4.69) is 22.3 Å². The van der Waals surface area contributed by atoms with Crippen molar-refractivity contribution in [3.63, 3.8) is 0 Å². The molecule has 1 saturated carbocycles. The second-order valence-corrected chi connectivity index (χ2v) is 7.50. The fourth-order valence-electron chi connectivity index (χ4n) is 4.64. The maximum Gasteiger partial charge on any atom is 0.251 e. The number of carbonyl (C=O) groups is 1. The molecule has 0 spiro atoms. The summed E-state index contributed by atoms with van der Waals surface area (Å²) in [6.45, 7) is 3.68. The molecular formula is C20H28N2O3. The van der Waals surface area contributed by atoms with Crippen molar-refractivity contribution in [3.05, 3.63) is 29.8 Å². The van der Waals surface area contributed by atoms with E-state index in [1.54, 1.807) is 7.11 Å². The minimum absolute atomic E-state index is 0.0154. The Balaban J connectivity index is 1.39. The third-order valence-corrected chi connectivity index (χ3v) is 6.04. The Morgan fingerprint density at radius 2 is 2.00 bits per heavy atom. The second-order valence-electron chi connectivity index (χ2n) is 7.50. The van der Waals surface area contributed by atoms with Gasteiger partial charge in [0.2, 0.25) is 0 Å². The summed E-state index contributed by atoms with van der Waals surface area (Å²) in [6.07, 6.45) is 5.13. The molecule has 1 amide bonds. The third kappa shape index (κ3) is 3.27. The number of piperidine rings is 1. The highest BCUT2D eigenvalue weighted by atomic mass is 16.5. The predicted octanol–water partition coefficient (Wildman–Crippen LogP) is 2.46. The largest absolute Gasteiger partial charge is 0.384 e. The fourth-order valence-corrected chi connectivity index (χ4v) is 4.64. The van der Waals surface area contributed by atoms with Crippen molar-refractivity contribution in [2.75, 3.05) is 38.3 Å². The number of nitrogens with one attached hydrogen (secondary N) is 1. The molecule has 136 valence electrons. The first-order chi connectivity index (χ1) is 12.3. The van der Waals surface area contributed by atoms with Crippen LogP contribution in [0.3, 0.4) is 0 Å². The van der Waals surface area contributed by atoms with E-state index in [-0.39, 0.29) is 24.0 Å². The summed E-state index contributed by atoms with van der Waals surface area (Å²) in [6, 6.07) is 8.23. The van der Waals surface area contributed by atoms with E-state index in [0.717, 1.165) is 31.7 Å². The van der Waals surface area contributed by atoms with Crippen molar-refractivity contribution in [2.45, 2.75) is 37.8 Å². The monoisotopic (exact) mass is 344 g/mol. The topological polar surface area (TPSA) is 50.8 Å². The summed E-state index contributed by atoms with van der Waals surface area (Å²) in [5.41, 5.74) is 1.96. The lowest BCUT2D eigenvalue weighted by molar-refractivity contribution is -0.0809. The van der Waals surface area contributed by atoms with Crippen LogP contribution in [0.1, 0.15) is 36.0 Å². The van der Waals surface area contributed by atoms with Crippen LogP contribution in [0.5, 0.6) is 0 Å². The SMILES string of the molecule is COC[C@H]1[C@@H](NC(=O)c2ccc(N3CCCCC3)cc2)[C@H]2CCO[C@H]21. The molecule has 2 aliphatic heterocycles. The lowest BCUT2D eigenvalue weighted by Gasteiger charge is -2.47. The zero-order valence-corrected chi connectivity index (χ0v) is 14.9. The Kier molecular flexibility index (Phi) is 4.95. The van der Waals surface area contributed by atoms with Crippen LogP contribution in [0.4, 0.5) is 5.69 Å². The fraction of sp³-hybridized carbons (Fsp3) is 0.650. The summed E-state index contributed by atoms with van der Waals surface area (Å²) in [7, 11) is 1.71. The van der Waals surface area contributed by atoms with Crippen LogP contribution in [0.2, 0.25) is 0 Å². The van der Waals surface area contributed by atoms with Gasteiger partial charge in [0.1, 0.15) is 0 Å². The molecule has 4 rings (SSSR count). The van der Waals surface area contributed by atoms with Crippen molar-refractivity contribution < 1.29 is 14.3 Å². The predicted molar refractivity (Wildman–Crippen MR) is 97.0 cm³/mol. The van der Waals surface area contributed by atoms with E-state index in [0.29, 0.717) is 12.5 Å². The molecule has 0 unspecified atom stereocenters. The van der Waals surface area contributed by atoms with Crippen LogP contribution >= 0.6 is 0 Å². The van der Waals surface area contributed by atoms with Crippen molar-refractivity contribution in [1.82, 2.24) is 5.32 Å². The van der Waals surface area contributed by atoms with Crippen molar-refractivity contribution in [1.29, 1.82) is 0 Å². The molecule has 1 aliphatic carbocycles. The number of nitrogens with zero attached hydrogens (tertiary/aromatic N) is 1. The van der Waals surface area contributed by atoms with Crippen LogP contribution in [0, 0.1) is 11.8 Å². The zero-order chi connectivity index (χ0) is 17.2. The van der Waals surface area contributed by atoms with Crippen LogP contribution in [-0.2, 0) is 9.47 Å². The van der Waals surface area contributed by atoms with Gasteiger partial charge in [0, 0.05) is 55.9 Å². The summed E-state index contributed by atoms with van der Waals surface area (Å²) < 4.78 is 11.1. The molecule has 25 heavy (non-hydrogen) atoms. The first kappa shape index (κ1) is 16.9. The number of hydrogen-bond donors (Lipinski definition) is 1. The van der Waals surface area contributed by atoms with E-state index in [9.17, 15) is 4.79 Å². The van der Waals surface area contributed by atoms with Gasteiger partial charge in [-0.2, -0.15) is 0 Å². The highest BCUT2D eigenvalue weighted by molar-refractivity contribution is 5.94. The number of ether oxygens (including phenoxy) is 2. The maximum atomic E-state index is 12.7. The minimum Gasteiger partial charge on any atom is -0.384 e. The Bertz CT molecular complexity index is 597. The molecule has 5 heteroatoms. The number of benzene rings is 1. The van der Waals surface area contributed by atoms with Gasteiger partial charge in [-0.1, -0.05) is 0 Å². The molecule has 0 bridgehead atoms. The summed E-state index contributed by atoms with van der Waals surface area (Å²) in [4.78, 5) is 15.1. The van der Waals surface area contributed by atoms with Crippen molar-refractivity contribution >= 4 is 11.6 Å². The standard InChI is InChI=1S/C20H28N2O3/c1-24-13-17-18(16-9-12-25-19(16)17)21-20(23)14-5-7-15(8-6-14)22-10-3-2-4-11-22/h5-8,16-19H,2-4,9-13H2,1H3,(H,21,23)/t16-,17+,18+,19-/m1/s1. The van der Waals surface area contributed by atoms with E-state index in [4.69, 9.17) is 9.47 Å². The average molecular weight is 344 g/mol. The summed E-state index contributed by atoms with van der Waals surface area (Å²) in [5.74, 6) is 0.729. The van der Waals surface area contributed by atoms with Gasteiger partial charge in [-0.3, -0.25) is 4.79 Å². The third-order valence-electron chi connectivity index (χ3n) is 6.04. The smallest absolute Gasteiger partial charge is 0.251 e. The van der Waals surface area contributed by atoms with E-state index in [1.165, 1.54) is 24.9 Å².